The third-order valence-electron chi connectivity index (χ3n) is 3.64. The second kappa shape index (κ2) is 4.44. The van der Waals surface area contributed by atoms with Crippen LogP contribution in [0.25, 0.3) is 0 Å². The minimum atomic E-state index is 0. The summed E-state index contributed by atoms with van der Waals surface area (Å²) in [4.78, 5) is 0. The molecule has 0 amide bonds. The lowest BCUT2D eigenvalue weighted by atomic mass is 9.76. The van der Waals surface area contributed by atoms with E-state index in [1.807, 2.05) is 12.1 Å². The Morgan fingerprint density at radius 1 is 1.25 bits per heavy atom. The summed E-state index contributed by atoms with van der Waals surface area (Å²) in [6.07, 6.45) is 2.21. The number of anilines is 1. The van der Waals surface area contributed by atoms with Crippen molar-refractivity contribution in [3.8, 4) is 0 Å². The van der Waals surface area contributed by atoms with E-state index < -0.39 is 0 Å². The molecule has 0 aromatic heterocycles. The number of halogens is 2. The fraction of sp³-hybridized carbons (Fsp3) is 0.500. The molecule has 4 heteroatoms. The van der Waals surface area contributed by atoms with E-state index in [1.54, 1.807) is 0 Å². The van der Waals surface area contributed by atoms with Crippen LogP contribution in [0.4, 0.5) is 5.69 Å². The molecule has 16 heavy (non-hydrogen) atoms. The van der Waals surface area contributed by atoms with Crippen molar-refractivity contribution in [3.63, 3.8) is 0 Å². The predicted octanol–water partition coefficient (Wildman–Crippen LogP) is 3.24. The topological polar surface area (TPSA) is 21.3 Å². The number of rotatable bonds is 0. The first kappa shape index (κ1) is 12.0. The van der Waals surface area contributed by atoms with Crippen LogP contribution in [-0.2, 0) is 10.2 Å². The average Bonchev–Trinajstić information content (AvgIpc) is 2.61. The lowest BCUT2D eigenvalue weighted by molar-refractivity contribution is 0.0567. The van der Waals surface area contributed by atoms with Gasteiger partial charge in [-0.3, -0.25) is 0 Å². The number of benzene rings is 1. The highest BCUT2D eigenvalue weighted by atomic mass is 35.5. The van der Waals surface area contributed by atoms with E-state index in [0.717, 1.165) is 43.3 Å². The Labute approximate surface area is 107 Å². The van der Waals surface area contributed by atoms with Gasteiger partial charge in [-0.1, -0.05) is 23.7 Å². The molecule has 0 unspecified atom stereocenters. The van der Waals surface area contributed by atoms with Crippen molar-refractivity contribution in [1.82, 2.24) is 0 Å². The molecular formula is C12H15Cl2NO. The van der Waals surface area contributed by atoms with Crippen molar-refractivity contribution in [3.05, 3.63) is 28.8 Å². The molecular weight excluding hydrogens is 245 g/mol. The number of ether oxygens (including phenoxy) is 1. The standard InChI is InChI=1S/C12H14ClNO.ClH/c13-10-3-1-2-9-11(10)14-8-12(9)4-6-15-7-5-12;/h1-3,14H,4-8H2;1H. The van der Waals surface area contributed by atoms with Gasteiger partial charge in [0, 0.05) is 25.2 Å². The van der Waals surface area contributed by atoms with Crippen LogP contribution in [0.3, 0.4) is 0 Å². The van der Waals surface area contributed by atoms with Crippen LogP contribution in [0.5, 0.6) is 0 Å². The van der Waals surface area contributed by atoms with Gasteiger partial charge in [0.05, 0.1) is 10.7 Å². The van der Waals surface area contributed by atoms with Crippen LogP contribution < -0.4 is 5.32 Å². The van der Waals surface area contributed by atoms with Crippen LogP contribution in [0.15, 0.2) is 18.2 Å². The normalized spacial score (nSPS) is 21.1. The smallest absolute Gasteiger partial charge is 0.0640 e. The summed E-state index contributed by atoms with van der Waals surface area (Å²) in [5, 5.41) is 4.28. The van der Waals surface area contributed by atoms with Gasteiger partial charge < -0.3 is 10.1 Å². The molecule has 88 valence electrons. The lowest BCUT2D eigenvalue weighted by Crippen LogP contribution is -2.35. The summed E-state index contributed by atoms with van der Waals surface area (Å²) in [6.45, 7) is 2.75. The largest absolute Gasteiger partial charge is 0.383 e. The second-order valence-corrected chi connectivity index (χ2v) is 4.82. The fourth-order valence-corrected chi connectivity index (χ4v) is 2.95. The third kappa shape index (κ3) is 1.69. The van der Waals surface area contributed by atoms with Crippen LogP contribution in [-0.4, -0.2) is 19.8 Å². The number of fused-ring (bicyclic) bond motifs is 2. The van der Waals surface area contributed by atoms with Gasteiger partial charge in [-0.2, -0.15) is 0 Å². The first-order valence-electron chi connectivity index (χ1n) is 5.42. The van der Waals surface area contributed by atoms with Crippen molar-refractivity contribution in [2.45, 2.75) is 18.3 Å². The third-order valence-corrected chi connectivity index (χ3v) is 3.95. The molecule has 0 bridgehead atoms. The molecule has 0 aliphatic carbocycles. The molecule has 1 fully saturated rings. The summed E-state index contributed by atoms with van der Waals surface area (Å²) < 4.78 is 5.44. The fourth-order valence-electron chi connectivity index (χ4n) is 2.71. The molecule has 1 aromatic rings. The summed E-state index contributed by atoms with van der Waals surface area (Å²) in [5.74, 6) is 0. The maximum Gasteiger partial charge on any atom is 0.0640 e. The predicted molar refractivity (Wildman–Crippen MR) is 68.9 cm³/mol. The Morgan fingerprint density at radius 2 is 2.00 bits per heavy atom. The molecule has 2 heterocycles. The minimum Gasteiger partial charge on any atom is -0.383 e. The second-order valence-electron chi connectivity index (χ2n) is 4.41. The Morgan fingerprint density at radius 3 is 2.75 bits per heavy atom. The van der Waals surface area contributed by atoms with Crippen LogP contribution in [0.1, 0.15) is 18.4 Å². The van der Waals surface area contributed by atoms with Gasteiger partial charge >= 0.3 is 0 Å². The summed E-state index contributed by atoms with van der Waals surface area (Å²) >= 11 is 6.18. The molecule has 1 saturated heterocycles. The number of hydrogen-bond acceptors (Lipinski definition) is 2. The van der Waals surface area contributed by atoms with E-state index in [1.165, 1.54) is 5.56 Å². The van der Waals surface area contributed by atoms with Gasteiger partial charge in [0.25, 0.3) is 0 Å². The number of para-hydroxylation sites is 1. The van der Waals surface area contributed by atoms with Crippen LogP contribution >= 0.6 is 24.0 Å². The first-order chi connectivity index (χ1) is 7.32. The zero-order valence-corrected chi connectivity index (χ0v) is 10.5. The van der Waals surface area contributed by atoms with Gasteiger partial charge in [-0.25, -0.2) is 0 Å². The summed E-state index contributed by atoms with van der Waals surface area (Å²) in [5.41, 5.74) is 2.80. The van der Waals surface area contributed by atoms with E-state index in [2.05, 4.69) is 11.4 Å². The Kier molecular flexibility index (Phi) is 3.34. The van der Waals surface area contributed by atoms with E-state index in [9.17, 15) is 0 Å². The summed E-state index contributed by atoms with van der Waals surface area (Å²) in [7, 11) is 0. The van der Waals surface area contributed by atoms with E-state index in [-0.39, 0.29) is 17.8 Å². The van der Waals surface area contributed by atoms with E-state index in [4.69, 9.17) is 16.3 Å². The lowest BCUT2D eigenvalue weighted by Gasteiger charge is -2.33. The van der Waals surface area contributed by atoms with E-state index >= 15 is 0 Å². The molecule has 1 N–H and O–H groups in total. The zero-order valence-electron chi connectivity index (χ0n) is 8.96. The molecule has 0 radical (unpaired) electrons. The van der Waals surface area contributed by atoms with Crippen molar-refractivity contribution >= 4 is 29.7 Å². The Hall–Kier alpha value is -0.440. The summed E-state index contributed by atoms with van der Waals surface area (Å²) in [6, 6.07) is 6.20. The maximum atomic E-state index is 6.18. The molecule has 2 aliphatic heterocycles. The molecule has 1 spiro atoms. The monoisotopic (exact) mass is 259 g/mol. The Bertz CT molecular complexity index is 389. The molecule has 2 aliphatic rings. The van der Waals surface area contributed by atoms with Gasteiger partial charge in [-0.05, 0) is 24.5 Å². The highest BCUT2D eigenvalue weighted by Crippen LogP contribution is 2.45. The highest BCUT2D eigenvalue weighted by molar-refractivity contribution is 6.33. The van der Waals surface area contributed by atoms with Gasteiger partial charge in [-0.15, -0.1) is 12.4 Å². The quantitative estimate of drug-likeness (QED) is 0.773. The molecule has 0 atom stereocenters. The molecule has 1 aromatic carbocycles. The number of hydrogen-bond donors (Lipinski definition) is 1. The minimum absolute atomic E-state index is 0. The SMILES string of the molecule is Cl.Clc1cccc2c1NCC21CCOCC1. The van der Waals surface area contributed by atoms with Crippen molar-refractivity contribution in [1.29, 1.82) is 0 Å². The van der Waals surface area contributed by atoms with Gasteiger partial charge in [0.15, 0.2) is 0 Å². The average molecular weight is 260 g/mol. The van der Waals surface area contributed by atoms with Gasteiger partial charge in [0.2, 0.25) is 0 Å². The van der Waals surface area contributed by atoms with Crippen LogP contribution in [0, 0.1) is 0 Å². The van der Waals surface area contributed by atoms with Crippen molar-refractivity contribution in [2.75, 3.05) is 25.1 Å². The maximum absolute atomic E-state index is 6.18. The van der Waals surface area contributed by atoms with Crippen molar-refractivity contribution in [2.24, 2.45) is 0 Å². The van der Waals surface area contributed by atoms with Crippen LogP contribution in [0.2, 0.25) is 5.02 Å². The molecule has 2 nitrogen and oxygen atoms in total. The number of nitrogens with one attached hydrogen (secondary N) is 1. The highest BCUT2D eigenvalue weighted by Gasteiger charge is 2.40. The van der Waals surface area contributed by atoms with E-state index in [0.29, 0.717) is 0 Å². The first-order valence-corrected chi connectivity index (χ1v) is 5.80. The van der Waals surface area contributed by atoms with Crippen molar-refractivity contribution < 1.29 is 4.74 Å². The molecule has 0 saturated carbocycles. The molecule has 3 rings (SSSR count). The zero-order chi connectivity index (χ0) is 10.3. The Balaban J connectivity index is 0.000000963. The van der Waals surface area contributed by atoms with Gasteiger partial charge in [0.1, 0.15) is 0 Å².